The molecule has 5 atom stereocenters. The van der Waals surface area contributed by atoms with Gasteiger partial charge in [-0.2, -0.15) is 0 Å². The molecule has 10 nitrogen and oxygen atoms in total. The van der Waals surface area contributed by atoms with Crippen molar-refractivity contribution in [3.05, 3.63) is 54.6 Å². The quantitative estimate of drug-likeness (QED) is 0.186. The molecule has 2 aliphatic carbocycles. The fraction of sp³-hybridized carbons (Fsp3) is 0.611. The summed E-state index contributed by atoms with van der Waals surface area (Å²) in [5.41, 5.74) is 0.908. The van der Waals surface area contributed by atoms with Crippen molar-refractivity contribution in [3.63, 3.8) is 0 Å². The fourth-order valence-corrected chi connectivity index (χ4v) is 6.42. The molecular weight excluding hydrogens is 582 g/mol. The molecule has 4 rings (SSSR count). The lowest BCUT2D eigenvalue weighted by atomic mass is 9.82. The predicted molar refractivity (Wildman–Crippen MR) is 176 cm³/mol. The van der Waals surface area contributed by atoms with E-state index in [-0.39, 0.29) is 31.1 Å². The summed E-state index contributed by atoms with van der Waals surface area (Å²) in [5, 5.41) is 27.9. The number of likely N-dealkylation sites (N-methyl/N-ethyl adjacent to an activating group) is 1. The number of carbonyl (C=O) groups is 3. The lowest BCUT2D eigenvalue weighted by Gasteiger charge is -2.33. The van der Waals surface area contributed by atoms with Crippen LogP contribution in [0.4, 0.5) is 0 Å². The van der Waals surface area contributed by atoms with E-state index < -0.39 is 42.0 Å². The van der Waals surface area contributed by atoms with E-state index in [4.69, 9.17) is 6.42 Å². The zero-order valence-corrected chi connectivity index (χ0v) is 27.1. The average molecular weight is 634 g/mol. The van der Waals surface area contributed by atoms with Crippen molar-refractivity contribution in [3.8, 4) is 12.3 Å². The summed E-state index contributed by atoms with van der Waals surface area (Å²) in [5.74, 6) is 1.23. The highest BCUT2D eigenvalue weighted by Gasteiger charge is 2.40. The van der Waals surface area contributed by atoms with Gasteiger partial charge in [-0.25, -0.2) is 4.98 Å². The average Bonchev–Trinajstić information content (AvgIpc) is 3.79. The van der Waals surface area contributed by atoms with Gasteiger partial charge in [-0.1, -0.05) is 62.4 Å². The molecule has 250 valence electrons. The van der Waals surface area contributed by atoms with E-state index >= 15 is 0 Å². The number of imidazole rings is 1. The molecule has 2 aromatic rings. The van der Waals surface area contributed by atoms with Crippen molar-refractivity contribution in [2.24, 2.45) is 17.8 Å². The van der Waals surface area contributed by atoms with Crippen LogP contribution in [0.3, 0.4) is 0 Å². The highest BCUT2D eigenvalue weighted by molar-refractivity contribution is 5.91. The number of rotatable bonds is 18. The van der Waals surface area contributed by atoms with Crippen LogP contribution in [-0.4, -0.2) is 80.3 Å². The summed E-state index contributed by atoms with van der Waals surface area (Å²) in [6.45, 7) is 1.04. The Kier molecular flexibility index (Phi) is 13.7. The first-order chi connectivity index (χ1) is 22.2. The van der Waals surface area contributed by atoms with Crippen LogP contribution in [0, 0.1) is 30.1 Å². The summed E-state index contributed by atoms with van der Waals surface area (Å²) in [7, 11) is 1.72. The Balaban J connectivity index is 1.45. The van der Waals surface area contributed by atoms with E-state index in [0.717, 1.165) is 44.1 Å². The molecule has 0 unspecified atom stereocenters. The molecule has 1 heterocycles. The maximum Gasteiger partial charge on any atom is 0.242 e. The minimum Gasteiger partial charge on any atom is -0.390 e. The lowest BCUT2D eigenvalue weighted by molar-refractivity contribution is -0.137. The first-order valence-corrected chi connectivity index (χ1v) is 16.9. The number of aliphatic hydroxyl groups is 2. The lowest BCUT2D eigenvalue weighted by Crippen LogP contribution is -2.56. The zero-order chi connectivity index (χ0) is 32.9. The van der Waals surface area contributed by atoms with Crippen LogP contribution in [0.5, 0.6) is 0 Å². The number of nitrogens with one attached hydrogen (secondary N) is 2. The summed E-state index contributed by atoms with van der Waals surface area (Å²) in [6.07, 6.45) is 17.3. The van der Waals surface area contributed by atoms with Crippen LogP contribution in [-0.2, 0) is 27.3 Å². The summed E-state index contributed by atoms with van der Waals surface area (Å²) >= 11 is 0. The molecular formula is C36H51N5O5. The molecule has 1 aromatic heterocycles. The van der Waals surface area contributed by atoms with Crippen LogP contribution in [0.25, 0.3) is 0 Å². The summed E-state index contributed by atoms with van der Waals surface area (Å²) in [4.78, 5) is 46.6. The van der Waals surface area contributed by atoms with Crippen molar-refractivity contribution in [2.75, 3.05) is 13.6 Å². The molecule has 0 spiro atoms. The Bertz CT molecular complexity index is 1270. The number of nitrogens with zero attached hydrogens (tertiary/aromatic N) is 3. The first-order valence-electron chi connectivity index (χ1n) is 16.9. The van der Waals surface area contributed by atoms with Crippen molar-refractivity contribution in [2.45, 2.75) is 108 Å². The van der Waals surface area contributed by atoms with E-state index in [1.54, 1.807) is 24.5 Å². The third kappa shape index (κ3) is 11.0. The molecule has 2 saturated carbocycles. The van der Waals surface area contributed by atoms with Gasteiger partial charge in [0.25, 0.3) is 0 Å². The third-order valence-corrected chi connectivity index (χ3v) is 9.51. The number of carbonyl (C=O) groups excluding carboxylic acids is 3. The molecule has 0 aliphatic heterocycles. The van der Waals surface area contributed by atoms with Crippen molar-refractivity contribution in [1.29, 1.82) is 0 Å². The molecule has 2 fully saturated rings. The Morgan fingerprint density at radius 1 is 1.07 bits per heavy atom. The van der Waals surface area contributed by atoms with Gasteiger partial charge in [0, 0.05) is 45.4 Å². The molecule has 46 heavy (non-hydrogen) atoms. The summed E-state index contributed by atoms with van der Waals surface area (Å²) < 4.78 is 1.88. The Morgan fingerprint density at radius 2 is 1.80 bits per heavy atom. The number of benzene rings is 1. The SMILES string of the molecule is C#CCC[C@H](NC(=O)[C@@H](CC(=O)N(C)CCn1ccnc1)Cc1ccccc1)C(=O)N[C@@H](CC1CCCCC1)[C@@H](O)[C@@H](O)C1CC1. The molecule has 4 N–H and O–H groups in total. The maximum atomic E-state index is 13.9. The largest absolute Gasteiger partial charge is 0.390 e. The number of aliphatic hydroxyl groups excluding tert-OH is 2. The zero-order valence-electron chi connectivity index (χ0n) is 27.1. The molecule has 10 heteroatoms. The van der Waals surface area contributed by atoms with Crippen LogP contribution in [0.15, 0.2) is 49.1 Å². The number of hydrogen-bond donors (Lipinski definition) is 4. The van der Waals surface area contributed by atoms with E-state index in [1.807, 2.05) is 41.1 Å². The van der Waals surface area contributed by atoms with E-state index in [2.05, 4.69) is 21.5 Å². The van der Waals surface area contributed by atoms with Gasteiger partial charge in [0.05, 0.1) is 24.4 Å². The molecule has 3 amide bonds. The molecule has 0 saturated heterocycles. The summed E-state index contributed by atoms with van der Waals surface area (Å²) in [6, 6.07) is 7.92. The maximum absolute atomic E-state index is 13.9. The topological polar surface area (TPSA) is 137 Å². The minimum absolute atomic E-state index is 0.0266. The van der Waals surface area contributed by atoms with Gasteiger partial charge >= 0.3 is 0 Å². The first kappa shape index (κ1) is 35.2. The Labute approximate surface area is 273 Å². The Hall–Kier alpha value is -3.68. The van der Waals surface area contributed by atoms with Crippen molar-refractivity contribution in [1.82, 2.24) is 25.1 Å². The van der Waals surface area contributed by atoms with Gasteiger partial charge in [-0.3, -0.25) is 14.4 Å². The Morgan fingerprint density at radius 3 is 2.46 bits per heavy atom. The second kappa shape index (κ2) is 17.9. The van der Waals surface area contributed by atoms with Gasteiger partial charge in [-0.15, -0.1) is 12.3 Å². The second-order valence-electron chi connectivity index (χ2n) is 13.2. The standard InChI is InChI=1S/C36H51N5O5/c1-3-4-15-30(36(46)39-31(23-27-13-9-6-10-14-27)34(44)33(43)28-16-17-28)38-35(45)29(22-26-11-7-5-8-12-26)24-32(42)40(2)20-21-41-19-18-37-25-41/h1,5,7-8,11-12,18-19,25,27-31,33-34,43-44H,4,6,9-10,13-17,20-24H2,2H3,(H,38,45)(H,39,46)/t29-,30+,31+,33+,34-/m1/s1. The predicted octanol–water partition coefficient (Wildman–Crippen LogP) is 3.08. The molecule has 1 aromatic carbocycles. The van der Waals surface area contributed by atoms with Gasteiger partial charge in [-0.05, 0) is 49.5 Å². The normalized spacial score (nSPS) is 18.4. The fourth-order valence-electron chi connectivity index (χ4n) is 6.42. The number of amides is 3. The van der Waals surface area contributed by atoms with Crippen LogP contribution < -0.4 is 10.6 Å². The molecule has 0 bridgehead atoms. The second-order valence-corrected chi connectivity index (χ2v) is 13.2. The van der Waals surface area contributed by atoms with Crippen LogP contribution in [0.1, 0.15) is 76.2 Å². The third-order valence-electron chi connectivity index (χ3n) is 9.51. The smallest absolute Gasteiger partial charge is 0.242 e. The van der Waals surface area contributed by atoms with E-state index in [1.165, 1.54) is 6.42 Å². The number of terminal acetylenes is 1. The number of hydrogen-bond acceptors (Lipinski definition) is 6. The highest BCUT2D eigenvalue weighted by Crippen LogP contribution is 2.36. The van der Waals surface area contributed by atoms with E-state index in [9.17, 15) is 24.6 Å². The molecule has 0 radical (unpaired) electrons. The van der Waals surface area contributed by atoms with Gasteiger partial charge in [0.15, 0.2) is 0 Å². The van der Waals surface area contributed by atoms with Crippen LogP contribution >= 0.6 is 0 Å². The van der Waals surface area contributed by atoms with Gasteiger partial charge in [0.2, 0.25) is 17.7 Å². The van der Waals surface area contributed by atoms with Gasteiger partial charge in [0.1, 0.15) is 12.1 Å². The van der Waals surface area contributed by atoms with Crippen molar-refractivity contribution >= 4 is 17.7 Å². The van der Waals surface area contributed by atoms with Crippen molar-refractivity contribution < 1.29 is 24.6 Å². The van der Waals surface area contributed by atoms with E-state index in [0.29, 0.717) is 31.8 Å². The number of aromatic nitrogens is 2. The molecule has 2 aliphatic rings. The highest BCUT2D eigenvalue weighted by atomic mass is 16.3. The van der Waals surface area contributed by atoms with Crippen LogP contribution in [0.2, 0.25) is 0 Å². The monoisotopic (exact) mass is 633 g/mol. The minimum atomic E-state index is -1.09. The van der Waals surface area contributed by atoms with Gasteiger partial charge < -0.3 is 30.3 Å².